The van der Waals surface area contributed by atoms with Gasteiger partial charge in [-0.15, -0.1) is 0 Å². The minimum Gasteiger partial charge on any atom is -0.291 e. The number of aryl methyl sites for hydroxylation is 1. The monoisotopic (exact) mass is 256 g/mol. The van der Waals surface area contributed by atoms with E-state index in [4.69, 9.17) is 0 Å². The Morgan fingerprint density at radius 2 is 2.16 bits per heavy atom. The highest BCUT2D eigenvalue weighted by molar-refractivity contribution is 5.79. The van der Waals surface area contributed by atoms with Gasteiger partial charge in [0.15, 0.2) is 0 Å². The molecule has 0 bridgehead atoms. The Morgan fingerprint density at radius 3 is 2.89 bits per heavy atom. The maximum atomic E-state index is 11.4. The van der Waals surface area contributed by atoms with Gasteiger partial charge in [-0.3, -0.25) is 9.78 Å². The van der Waals surface area contributed by atoms with E-state index in [1.165, 1.54) is 6.07 Å². The number of aromatic amines is 1. The van der Waals surface area contributed by atoms with Crippen LogP contribution in [0.3, 0.4) is 0 Å². The predicted octanol–water partition coefficient (Wildman–Crippen LogP) is 2.17. The van der Waals surface area contributed by atoms with Crippen LogP contribution in [0.15, 0.2) is 46.3 Å². The maximum absolute atomic E-state index is 11.4. The summed E-state index contributed by atoms with van der Waals surface area (Å²) in [6.45, 7) is 2.05. The van der Waals surface area contributed by atoms with Gasteiger partial charge in [0.25, 0.3) is 5.56 Å². The van der Waals surface area contributed by atoms with Crippen LogP contribution in [0.4, 0.5) is 5.95 Å². The molecule has 0 atom stereocenters. The molecule has 5 heteroatoms. The highest BCUT2D eigenvalue weighted by Crippen LogP contribution is 2.00. The molecular weight excluding hydrogens is 240 g/mol. The number of H-pyrrole nitrogens is 1. The Morgan fingerprint density at radius 1 is 1.37 bits per heavy atom. The first-order valence-electron chi connectivity index (χ1n) is 6.22. The predicted molar refractivity (Wildman–Crippen MR) is 76.5 cm³/mol. The van der Waals surface area contributed by atoms with Crippen LogP contribution in [-0.2, 0) is 6.42 Å². The van der Waals surface area contributed by atoms with Crippen LogP contribution in [0.1, 0.15) is 24.6 Å². The number of nitrogens with zero attached hydrogens (tertiary/aromatic N) is 2. The van der Waals surface area contributed by atoms with Crippen LogP contribution in [0.5, 0.6) is 0 Å². The topological polar surface area (TPSA) is 70.1 Å². The molecule has 1 heterocycles. The summed E-state index contributed by atoms with van der Waals surface area (Å²) in [4.78, 5) is 18.3. The first-order chi connectivity index (χ1) is 9.28. The van der Waals surface area contributed by atoms with Crippen LogP contribution < -0.4 is 11.0 Å². The minimum atomic E-state index is -0.170. The van der Waals surface area contributed by atoms with Gasteiger partial charge in [-0.25, -0.2) is 10.4 Å². The van der Waals surface area contributed by atoms with E-state index >= 15 is 0 Å². The third-order valence-corrected chi connectivity index (χ3v) is 2.48. The van der Waals surface area contributed by atoms with Crippen molar-refractivity contribution in [3.63, 3.8) is 0 Å². The summed E-state index contributed by atoms with van der Waals surface area (Å²) in [5, 5.41) is 4.05. The average Bonchev–Trinajstić information content (AvgIpc) is 2.40. The highest BCUT2D eigenvalue weighted by atomic mass is 16.1. The van der Waals surface area contributed by atoms with Crippen LogP contribution >= 0.6 is 0 Å². The maximum Gasteiger partial charge on any atom is 0.252 e. The minimum absolute atomic E-state index is 0.170. The molecule has 98 valence electrons. The number of benzene rings is 1. The van der Waals surface area contributed by atoms with Crippen molar-refractivity contribution in [2.24, 2.45) is 5.10 Å². The van der Waals surface area contributed by atoms with Gasteiger partial charge in [0.2, 0.25) is 5.95 Å². The SMILES string of the molecule is CCCc1cc(=O)[nH]c(N/N=C\c2ccccc2)n1. The van der Waals surface area contributed by atoms with Crippen molar-refractivity contribution in [1.82, 2.24) is 9.97 Å². The lowest BCUT2D eigenvalue weighted by molar-refractivity contribution is 0.867. The lowest BCUT2D eigenvalue weighted by atomic mass is 10.2. The molecule has 1 aromatic heterocycles. The lowest BCUT2D eigenvalue weighted by Crippen LogP contribution is -2.11. The number of nitrogens with one attached hydrogen (secondary N) is 2. The van der Waals surface area contributed by atoms with E-state index < -0.39 is 0 Å². The summed E-state index contributed by atoms with van der Waals surface area (Å²) in [6, 6.07) is 11.2. The smallest absolute Gasteiger partial charge is 0.252 e. The first-order valence-corrected chi connectivity index (χ1v) is 6.22. The Kier molecular flexibility index (Phi) is 4.44. The van der Waals surface area contributed by atoms with Gasteiger partial charge in [0.05, 0.1) is 6.21 Å². The number of hydrogen-bond acceptors (Lipinski definition) is 4. The van der Waals surface area contributed by atoms with Crippen molar-refractivity contribution < 1.29 is 0 Å². The summed E-state index contributed by atoms with van der Waals surface area (Å²) < 4.78 is 0. The Bertz CT molecular complexity index is 604. The van der Waals surface area contributed by atoms with E-state index in [0.717, 1.165) is 24.1 Å². The molecule has 0 unspecified atom stereocenters. The van der Waals surface area contributed by atoms with Gasteiger partial charge < -0.3 is 0 Å². The number of aromatic nitrogens is 2. The quantitative estimate of drug-likeness (QED) is 0.636. The molecule has 1 aromatic carbocycles. The van der Waals surface area contributed by atoms with Crippen molar-refractivity contribution in [2.75, 3.05) is 5.43 Å². The highest BCUT2D eigenvalue weighted by Gasteiger charge is 1.99. The van der Waals surface area contributed by atoms with E-state index in [0.29, 0.717) is 5.95 Å². The summed E-state index contributed by atoms with van der Waals surface area (Å²) in [5.74, 6) is 0.364. The molecule has 2 N–H and O–H groups in total. The third kappa shape index (κ3) is 4.06. The molecule has 0 saturated carbocycles. The molecule has 0 saturated heterocycles. The zero-order chi connectivity index (χ0) is 13.5. The van der Waals surface area contributed by atoms with E-state index in [2.05, 4.69) is 20.5 Å². The number of rotatable bonds is 5. The van der Waals surface area contributed by atoms with E-state index in [1.54, 1.807) is 6.21 Å². The molecule has 0 aliphatic carbocycles. The first kappa shape index (κ1) is 13.0. The Hall–Kier alpha value is -2.43. The number of anilines is 1. The normalized spacial score (nSPS) is 10.8. The summed E-state index contributed by atoms with van der Waals surface area (Å²) in [6.07, 6.45) is 3.40. The molecule has 0 spiro atoms. The molecule has 0 radical (unpaired) electrons. The molecule has 2 aromatic rings. The summed E-state index contributed by atoms with van der Waals surface area (Å²) in [7, 11) is 0. The molecule has 19 heavy (non-hydrogen) atoms. The second-order valence-electron chi connectivity index (χ2n) is 4.12. The largest absolute Gasteiger partial charge is 0.291 e. The fourth-order valence-corrected chi connectivity index (χ4v) is 1.65. The van der Waals surface area contributed by atoms with Crippen LogP contribution in [0, 0.1) is 0 Å². The van der Waals surface area contributed by atoms with Crippen LogP contribution in [-0.4, -0.2) is 16.2 Å². The third-order valence-electron chi connectivity index (χ3n) is 2.48. The van der Waals surface area contributed by atoms with Crippen LogP contribution in [0.25, 0.3) is 0 Å². The van der Waals surface area contributed by atoms with Crippen LogP contribution in [0.2, 0.25) is 0 Å². The fourth-order valence-electron chi connectivity index (χ4n) is 1.65. The van der Waals surface area contributed by atoms with E-state index in [9.17, 15) is 4.79 Å². The second kappa shape index (κ2) is 6.49. The molecule has 0 aliphatic rings. The van der Waals surface area contributed by atoms with Crippen molar-refractivity contribution in [3.8, 4) is 0 Å². The van der Waals surface area contributed by atoms with Crippen molar-refractivity contribution in [3.05, 3.63) is 58.0 Å². The van der Waals surface area contributed by atoms with E-state index in [1.807, 2.05) is 37.3 Å². The fraction of sp³-hybridized carbons (Fsp3) is 0.214. The molecule has 0 amide bonds. The molecule has 2 rings (SSSR count). The number of hydrogen-bond donors (Lipinski definition) is 2. The van der Waals surface area contributed by atoms with Gasteiger partial charge >= 0.3 is 0 Å². The summed E-state index contributed by atoms with van der Waals surface area (Å²) >= 11 is 0. The molecule has 5 nitrogen and oxygen atoms in total. The zero-order valence-corrected chi connectivity index (χ0v) is 10.8. The van der Waals surface area contributed by atoms with Crippen molar-refractivity contribution >= 4 is 12.2 Å². The zero-order valence-electron chi connectivity index (χ0n) is 10.8. The lowest BCUT2D eigenvalue weighted by Gasteiger charge is -2.02. The van der Waals surface area contributed by atoms with Crippen molar-refractivity contribution in [2.45, 2.75) is 19.8 Å². The molecule has 0 fully saturated rings. The molecular formula is C14H16N4O. The average molecular weight is 256 g/mol. The van der Waals surface area contributed by atoms with Crippen molar-refractivity contribution in [1.29, 1.82) is 0 Å². The van der Waals surface area contributed by atoms with Gasteiger partial charge in [0.1, 0.15) is 0 Å². The van der Waals surface area contributed by atoms with Gasteiger partial charge in [-0.05, 0) is 12.0 Å². The standard InChI is InChI=1S/C14H16N4O/c1-2-6-12-9-13(19)17-14(16-12)18-15-10-11-7-4-3-5-8-11/h3-5,7-10H,2,6H2,1H3,(H2,16,17,18,19)/b15-10-. The van der Waals surface area contributed by atoms with E-state index in [-0.39, 0.29) is 5.56 Å². The Balaban J connectivity index is 2.07. The Labute approximate surface area is 111 Å². The number of hydrazone groups is 1. The molecule has 0 aliphatic heterocycles. The van der Waals surface area contributed by atoms with Gasteiger partial charge in [0, 0.05) is 11.8 Å². The van der Waals surface area contributed by atoms with Gasteiger partial charge in [-0.2, -0.15) is 5.10 Å². The van der Waals surface area contributed by atoms with Gasteiger partial charge in [-0.1, -0.05) is 43.7 Å². The second-order valence-corrected chi connectivity index (χ2v) is 4.12. The summed E-state index contributed by atoms with van der Waals surface area (Å²) in [5.41, 5.74) is 4.31.